The molecule has 3 heterocycles. The summed E-state index contributed by atoms with van der Waals surface area (Å²) in [7, 11) is 0. The number of hydrogen-bond donors (Lipinski definition) is 0. The van der Waals surface area contributed by atoms with E-state index in [4.69, 9.17) is 21.1 Å². The molecule has 0 atom stereocenters. The standard InChI is InChI=1S/C23H19ClF3N3O4/c24-19-20(22(32)30(21(19)31)16-4-2-15(3-5-16)23(25,26)27)29-9-7-28(8-10-29)12-14-1-6-17-18(11-14)34-13-33-17/h1-6,11H,7-10,12-13H2. The Labute approximate surface area is 197 Å². The first kappa shape index (κ1) is 22.5. The molecule has 2 aromatic carbocycles. The van der Waals surface area contributed by atoms with E-state index in [2.05, 4.69) is 4.90 Å². The van der Waals surface area contributed by atoms with Crippen LogP contribution in [0.4, 0.5) is 18.9 Å². The minimum absolute atomic E-state index is 0.0394. The monoisotopic (exact) mass is 493 g/mol. The van der Waals surface area contributed by atoms with Gasteiger partial charge in [-0.25, -0.2) is 4.90 Å². The molecule has 1 saturated heterocycles. The van der Waals surface area contributed by atoms with Gasteiger partial charge >= 0.3 is 6.18 Å². The van der Waals surface area contributed by atoms with Crippen molar-refractivity contribution in [2.75, 3.05) is 37.9 Å². The smallest absolute Gasteiger partial charge is 0.416 e. The molecular formula is C23H19ClF3N3O4. The van der Waals surface area contributed by atoms with E-state index >= 15 is 0 Å². The lowest BCUT2D eigenvalue weighted by Crippen LogP contribution is -2.47. The fourth-order valence-corrected chi connectivity index (χ4v) is 4.51. The summed E-state index contributed by atoms with van der Waals surface area (Å²) in [5.41, 5.74) is 0.315. The second-order valence-corrected chi connectivity index (χ2v) is 8.48. The van der Waals surface area contributed by atoms with E-state index < -0.39 is 23.6 Å². The molecule has 0 spiro atoms. The van der Waals surface area contributed by atoms with Gasteiger partial charge in [0.25, 0.3) is 11.8 Å². The number of alkyl halides is 3. The predicted octanol–water partition coefficient (Wildman–Crippen LogP) is 3.58. The summed E-state index contributed by atoms with van der Waals surface area (Å²) < 4.78 is 49.3. The van der Waals surface area contributed by atoms with E-state index in [-0.39, 0.29) is 23.2 Å². The molecule has 0 radical (unpaired) electrons. The van der Waals surface area contributed by atoms with Crippen molar-refractivity contribution in [1.82, 2.24) is 9.80 Å². The van der Waals surface area contributed by atoms with Crippen LogP contribution in [0.2, 0.25) is 0 Å². The first-order valence-electron chi connectivity index (χ1n) is 10.5. The molecule has 5 rings (SSSR count). The lowest BCUT2D eigenvalue weighted by molar-refractivity contribution is -0.137. The molecule has 0 unspecified atom stereocenters. The number of ether oxygens (including phenoxy) is 2. The van der Waals surface area contributed by atoms with Gasteiger partial charge in [0, 0.05) is 32.7 Å². The van der Waals surface area contributed by atoms with Crippen LogP contribution in [-0.4, -0.2) is 54.6 Å². The number of piperazine rings is 1. The highest BCUT2D eigenvalue weighted by atomic mass is 35.5. The molecule has 0 aliphatic carbocycles. The van der Waals surface area contributed by atoms with Crippen molar-refractivity contribution < 1.29 is 32.2 Å². The summed E-state index contributed by atoms with van der Waals surface area (Å²) in [5.74, 6) is 0.0480. The number of amides is 2. The number of nitrogens with zero attached hydrogens (tertiary/aromatic N) is 3. The van der Waals surface area contributed by atoms with Gasteiger partial charge in [-0.1, -0.05) is 17.7 Å². The summed E-state index contributed by atoms with van der Waals surface area (Å²) in [6.45, 7) is 3.09. The van der Waals surface area contributed by atoms with E-state index in [1.165, 1.54) is 0 Å². The highest BCUT2D eigenvalue weighted by Crippen LogP contribution is 2.35. The summed E-state index contributed by atoms with van der Waals surface area (Å²) in [5, 5.41) is -0.228. The van der Waals surface area contributed by atoms with Gasteiger partial charge < -0.3 is 14.4 Å². The van der Waals surface area contributed by atoms with Gasteiger partial charge in [-0.05, 0) is 42.0 Å². The summed E-state index contributed by atoms with van der Waals surface area (Å²) in [6, 6.07) is 9.63. The van der Waals surface area contributed by atoms with E-state index in [0.29, 0.717) is 38.5 Å². The summed E-state index contributed by atoms with van der Waals surface area (Å²) >= 11 is 6.23. The number of anilines is 1. The zero-order valence-corrected chi connectivity index (χ0v) is 18.5. The molecule has 7 nitrogen and oxygen atoms in total. The van der Waals surface area contributed by atoms with Gasteiger partial charge in [0.05, 0.1) is 11.3 Å². The molecule has 1 fully saturated rings. The van der Waals surface area contributed by atoms with Crippen LogP contribution in [0.15, 0.2) is 53.2 Å². The van der Waals surface area contributed by atoms with Crippen molar-refractivity contribution in [2.45, 2.75) is 12.7 Å². The highest BCUT2D eigenvalue weighted by molar-refractivity contribution is 6.52. The first-order valence-corrected chi connectivity index (χ1v) is 10.9. The number of rotatable bonds is 4. The van der Waals surface area contributed by atoms with Crippen molar-refractivity contribution in [3.63, 3.8) is 0 Å². The molecule has 0 aromatic heterocycles. The molecule has 0 N–H and O–H groups in total. The van der Waals surface area contributed by atoms with Crippen LogP contribution in [0.3, 0.4) is 0 Å². The van der Waals surface area contributed by atoms with E-state index in [1.807, 2.05) is 18.2 Å². The lowest BCUT2D eigenvalue weighted by atomic mass is 10.1. The molecule has 3 aliphatic rings. The molecule has 0 bridgehead atoms. The van der Waals surface area contributed by atoms with Crippen LogP contribution in [-0.2, 0) is 22.3 Å². The molecule has 2 amide bonds. The minimum atomic E-state index is -4.51. The molecule has 178 valence electrons. The molecule has 11 heteroatoms. The second kappa shape index (κ2) is 8.52. The zero-order chi connectivity index (χ0) is 24.0. The van der Waals surface area contributed by atoms with Crippen LogP contribution in [0, 0.1) is 0 Å². The Morgan fingerprint density at radius 1 is 0.882 bits per heavy atom. The minimum Gasteiger partial charge on any atom is -0.454 e. The van der Waals surface area contributed by atoms with Gasteiger partial charge in [0.2, 0.25) is 6.79 Å². The number of halogens is 4. The van der Waals surface area contributed by atoms with Crippen molar-refractivity contribution in [3.8, 4) is 11.5 Å². The summed E-state index contributed by atoms with van der Waals surface area (Å²) in [6.07, 6.45) is -4.51. The number of benzene rings is 2. The van der Waals surface area contributed by atoms with Gasteiger partial charge in [-0.2, -0.15) is 13.2 Å². The molecular weight excluding hydrogens is 475 g/mol. The third-order valence-corrected chi connectivity index (χ3v) is 6.33. The Hall–Kier alpha value is -3.24. The Kier molecular flexibility index (Phi) is 5.65. The maximum atomic E-state index is 13.0. The average Bonchev–Trinajstić information content (AvgIpc) is 3.36. The molecule has 34 heavy (non-hydrogen) atoms. The quantitative estimate of drug-likeness (QED) is 0.607. The van der Waals surface area contributed by atoms with Crippen molar-refractivity contribution >= 4 is 29.1 Å². The fraction of sp³-hybridized carbons (Fsp3) is 0.304. The Balaban J connectivity index is 1.25. The first-order chi connectivity index (χ1) is 16.2. The van der Waals surface area contributed by atoms with Crippen LogP contribution >= 0.6 is 11.6 Å². The summed E-state index contributed by atoms with van der Waals surface area (Å²) in [4.78, 5) is 30.5. The Bertz CT molecular complexity index is 1170. The lowest BCUT2D eigenvalue weighted by Gasteiger charge is -2.36. The molecule has 2 aromatic rings. The number of hydrogen-bond acceptors (Lipinski definition) is 6. The number of fused-ring (bicyclic) bond motifs is 1. The Morgan fingerprint density at radius 2 is 1.56 bits per heavy atom. The SMILES string of the molecule is O=C1C(Cl)=C(N2CCN(Cc3ccc4c(c3)OCO4)CC2)C(=O)N1c1ccc(C(F)(F)F)cc1. The van der Waals surface area contributed by atoms with Crippen molar-refractivity contribution in [2.24, 2.45) is 0 Å². The van der Waals surface area contributed by atoms with Gasteiger partial charge in [0.1, 0.15) is 10.7 Å². The second-order valence-electron chi connectivity index (χ2n) is 8.10. The van der Waals surface area contributed by atoms with E-state index in [1.54, 1.807) is 4.90 Å². The molecule has 3 aliphatic heterocycles. The van der Waals surface area contributed by atoms with E-state index in [9.17, 15) is 22.8 Å². The van der Waals surface area contributed by atoms with Gasteiger partial charge in [-0.15, -0.1) is 0 Å². The Morgan fingerprint density at radius 3 is 2.24 bits per heavy atom. The van der Waals surface area contributed by atoms with Crippen molar-refractivity contribution in [3.05, 3.63) is 64.3 Å². The van der Waals surface area contributed by atoms with Gasteiger partial charge in [-0.3, -0.25) is 14.5 Å². The normalized spacial score (nSPS) is 18.9. The zero-order valence-electron chi connectivity index (χ0n) is 17.8. The third-order valence-electron chi connectivity index (χ3n) is 5.99. The maximum Gasteiger partial charge on any atom is 0.416 e. The topological polar surface area (TPSA) is 62.3 Å². The van der Waals surface area contributed by atoms with Crippen LogP contribution in [0.25, 0.3) is 0 Å². The van der Waals surface area contributed by atoms with Crippen LogP contribution < -0.4 is 14.4 Å². The number of carbonyl (C=O) groups is 2. The van der Waals surface area contributed by atoms with Crippen LogP contribution in [0.5, 0.6) is 11.5 Å². The number of imide groups is 1. The van der Waals surface area contributed by atoms with Crippen LogP contribution in [0.1, 0.15) is 11.1 Å². The maximum absolute atomic E-state index is 13.0. The molecule has 0 saturated carbocycles. The van der Waals surface area contributed by atoms with Gasteiger partial charge in [0.15, 0.2) is 11.5 Å². The average molecular weight is 494 g/mol. The number of carbonyl (C=O) groups excluding carboxylic acids is 2. The highest BCUT2D eigenvalue weighted by Gasteiger charge is 2.42. The fourth-order valence-electron chi connectivity index (χ4n) is 4.23. The predicted molar refractivity (Wildman–Crippen MR) is 116 cm³/mol. The third kappa shape index (κ3) is 4.07. The van der Waals surface area contributed by atoms with E-state index in [0.717, 1.165) is 40.5 Å². The van der Waals surface area contributed by atoms with Crippen molar-refractivity contribution in [1.29, 1.82) is 0 Å². The largest absolute Gasteiger partial charge is 0.454 e.